The lowest BCUT2D eigenvalue weighted by Crippen LogP contribution is -2.49. The van der Waals surface area contributed by atoms with Gasteiger partial charge in [0.25, 0.3) is 0 Å². The second-order valence-corrected chi connectivity index (χ2v) is 7.46. The lowest BCUT2D eigenvalue weighted by atomic mass is 9.84. The Bertz CT molecular complexity index is 598. The Morgan fingerprint density at radius 2 is 2.08 bits per heavy atom. The van der Waals surface area contributed by atoms with E-state index >= 15 is 0 Å². The highest BCUT2D eigenvalue weighted by molar-refractivity contribution is 6.31. The van der Waals surface area contributed by atoms with Crippen LogP contribution in [0.2, 0.25) is 5.02 Å². The molecule has 2 rings (SSSR count). The van der Waals surface area contributed by atoms with Gasteiger partial charge in [-0.25, -0.2) is 4.39 Å². The van der Waals surface area contributed by atoms with Gasteiger partial charge in [0, 0.05) is 43.7 Å². The number of ether oxygens (including phenoxy) is 1. The minimum absolute atomic E-state index is 0.246. The van der Waals surface area contributed by atoms with Gasteiger partial charge in [-0.3, -0.25) is 4.99 Å². The number of nitrogens with zero attached hydrogens (tertiary/aromatic N) is 2. The van der Waals surface area contributed by atoms with E-state index in [1.54, 1.807) is 13.1 Å². The van der Waals surface area contributed by atoms with Crippen LogP contribution in [0.3, 0.4) is 0 Å². The summed E-state index contributed by atoms with van der Waals surface area (Å²) in [7, 11) is 1.80. The molecule has 0 atom stereocenters. The maximum atomic E-state index is 13.3. The van der Waals surface area contributed by atoms with E-state index < -0.39 is 0 Å². The van der Waals surface area contributed by atoms with Crippen molar-refractivity contribution in [3.8, 4) is 0 Å². The van der Waals surface area contributed by atoms with Gasteiger partial charge in [0.15, 0.2) is 5.96 Å². The van der Waals surface area contributed by atoms with Crippen LogP contribution in [-0.2, 0) is 10.2 Å². The van der Waals surface area contributed by atoms with E-state index in [0.29, 0.717) is 17.7 Å². The smallest absolute Gasteiger partial charge is 0.193 e. The molecule has 0 radical (unpaired) electrons. The van der Waals surface area contributed by atoms with Crippen LogP contribution in [0.15, 0.2) is 23.2 Å². The molecule has 0 aliphatic carbocycles. The van der Waals surface area contributed by atoms with Gasteiger partial charge in [-0.1, -0.05) is 31.5 Å². The van der Waals surface area contributed by atoms with E-state index in [2.05, 4.69) is 29.1 Å². The standard InChI is InChI=1S/C19H29ClFN3O/c1-5-25-15-8-10-24(11-9-15)18(22-4)23-13-19(2,3)16-7-6-14(21)12-17(16)20/h6-7,12,15H,5,8-11,13H2,1-4H3,(H,22,23). The first-order valence-electron chi connectivity index (χ1n) is 8.90. The lowest BCUT2D eigenvalue weighted by Gasteiger charge is -2.35. The second kappa shape index (κ2) is 8.86. The van der Waals surface area contributed by atoms with Crippen molar-refractivity contribution in [1.82, 2.24) is 10.2 Å². The molecule has 1 heterocycles. The van der Waals surface area contributed by atoms with Crippen molar-refractivity contribution in [2.24, 2.45) is 4.99 Å². The fourth-order valence-electron chi connectivity index (χ4n) is 3.24. The summed E-state index contributed by atoms with van der Waals surface area (Å²) in [5.74, 6) is 0.576. The van der Waals surface area contributed by atoms with Gasteiger partial charge in [-0.15, -0.1) is 0 Å². The number of halogens is 2. The van der Waals surface area contributed by atoms with Crippen molar-refractivity contribution < 1.29 is 9.13 Å². The highest BCUT2D eigenvalue weighted by atomic mass is 35.5. The van der Waals surface area contributed by atoms with Gasteiger partial charge in [0.1, 0.15) is 5.82 Å². The molecule has 0 unspecified atom stereocenters. The van der Waals surface area contributed by atoms with Crippen LogP contribution in [-0.4, -0.2) is 50.3 Å². The summed E-state index contributed by atoms with van der Waals surface area (Å²) in [5.41, 5.74) is 0.679. The Morgan fingerprint density at radius 1 is 1.40 bits per heavy atom. The Balaban J connectivity index is 1.96. The summed E-state index contributed by atoms with van der Waals surface area (Å²) in [6.07, 6.45) is 2.39. The van der Waals surface area contributed by atoms with Gasteiger partial charge >= 0.3 is 0 Å². The molecule has 1 aliphatic heterocycles. The first-order chi connectivity index (χ1) is 11.9. The van der Waals surface area contributed by atoms with Crippen molar-refractivity contribution in [1.29, 1.82) is 0 Å². The number of hydrogen-bond donors (Lipinski definition) is 1. The van der Waals surface area contributed by atoms with Crippen LogP contribution in [0.4, 0.5) is 4.39 Å². The van der Waals surface area contributed by atoms with Crippen LogP contribution in [0.5, 0.6) is 0 Å². The maximum Gasteiger partial charge on any atom is 0.193 e. The number of guanidine groups is 1. The predicted molar refractivity (Wildman–Crippen MR) is 102 cm³/mol. The SMILES string of the molecule is CCOC1CCN(C(=NC)NCC(C)(C)c2ccc(F)cc2Cl)CC1. The fourth-order valence-corrected chi connectivity index (χ4v) is 3.66. The summed E-state index contributed by atoms with van der Waals surface area (Å²) >= 11 is 6.24. The predicted octanol–water partition coefficient (Wildman–Crippen LogP) is 3.83. The van der Waals surface area contributed by atoms with E-state index in [4.69, 9.17) is 16.3 Å². The van der Waals surface area contributed by atoms with Gasteiger partial charge in [0.2, 0.25) is 0 Å². The molecule has 1 N–H and O–H groups in total. The third-order valence-electron chi connectivity index (χ3n) is 4.70. The average Bonchev–Trinajstić information content (AvgIpc) is 2.56. The van der Waals surface area contributed by atoms with Gasteiger partial charge in [0.05, 0.1) is 6.10 Å². The molecule has 6 heteroatoms. The number of hydrogen-bond acceptors (Lipinski definition) is 2. The minimum Gasteiger partial charge on any atom is -0.378 e. The van der Waals surface area contributed by atoms with Crippen LogP contribution in [0.25, 0.3) is 0 Å². The summed E-state index contributed by atoms with van der Waals surface area (Å²) < 4.78 is 19.0. The molecule has 0 saturated carbocycles. The normalized spacial score (nSPS) is 17.0. The second-order valence-electron chi connectivity index (χ2n) is 7.05. The molecule has 0 bridgehead atoms. The third kappa shape index (κ3) is 5.32. The number of rotatable bonds is 5. The molecular formula is C19H29ClFN3O. The molecule has 1 aromatic carbocycles. The topological polar surface area (TPSA) is 36.9 Å². The first kappa shape index (κ1) is 20.0. The van der Waals surface area contributed by atoms with Crippen molar-refractivity contribution in [2.75, 3.05) is 33.3 Å². The summed E-state index contributed by atoms with van der Waals surface area (Å²) in [6, 6.07) is 4.58. The van der Waals surface area contributed by atoms with E-state index in [1.165, 1.54) is 12.1 Å². The number of nitrogens with one attached hydrogen (secondary N) is 1. The molecule has 1 fully saturated rings. The number of aliphatic imine (C=N–C) groups is 1. The van der Waals surface area contributed by atoms with Crippen molar-refractivity contribution >= 4 is 17.6 Å². The molecule has 1 aromatic rings. The quantitative estimate of drug-likeness (QED) is 0.633. The van der Waals surface area contributed by atoms with Crippen molar-refractivity contribution in [2.45, 2.75) is 45.1 Å². The van der Waals surface area contributed by atoms with Crippen molar-refractivity contribution in [3.63, 3.8) is 0 Å². The largest absolute Gasteiger partial charge is 0.378 e. The summed E-state index contributed by atoms with van der Waals surface area (Å²) in [6.45, 7) is 9.52. The first-order valence-corrected chi connectivity index (χ1v) is 9.28. The molecule has 0 aromatic heterocycles. The summed E-state index contributed by atoms with van der Waals surface area (Å²) in [5, 5.41) is 3.91. The molecule has 0 spiro atoms. The van der Waals surface area contributed by atoms with Crippen LogP contribution in [0.1, 0.15) is 39.2 Å². The minimum atomic E-state index is -0.314. The zero-order chi connectivity index (χ0) is 18.4. The molecule has 0 amide bonds. The van der Waals surface area contributed by atoms with Crippen LogP contribution >= 0.6 is 11.6 Å². The molecule has 4 nitrogen and oxygen atoms in total. The Morgan fingerprint density at radius 3 is 2.64 bits per heavy atom. The van der Waals surface area contributed by atoms with Crippen LogP contribution in [0, 0.1) is 5.82 Å². The number of piperidine rings is 1. The Labute approximate surface area is 155 Å². The van der Waals surface area contributed by atoms with E-state index in [-0.39, 0.29) is 11.2 Å². The third-order valence-corrected chi connectivity index (χ3v) is 5.02. The number of likely N-dealkylation sites (tertiary alicyclic amines) is 1. The van der Waals surface area contributed by atoms with Gasteiger partial charge in [-0.05, 0) is 37.5 Å². The van der Waals surface area contributed by atoms with E-state index in [0.717, 1.165) is 44.1 Å². The molecule has 140 valence electrons. The molecule has 25 heavy (non-hydrogen) atoms. The average molecular weight is 370 g/mol. The number of benzene rings is 1. The van der Waals surface area contributed by atoms with Gasteiger partial charge < -0.3 is 15.0 Å². The zero-order valence-corrected chi connectivity index (χ0v) is 16.4. The zero-order valence-electron chi connectivity index (χ0n) is 15.6. The molecule has 1 saturated heterocycles. The summed E-state index contributed by atoms with van der Waals surface area (Å²) in [4.78, 5) is 6.68. The highest BCUT2D eigenvalue weighted by Crippen LogP contribution is 2.30. The van der Waals surface area contributed by atoms with E-state index in [1.807, 2.05) is 6.92 Å². The lowest BCUT2D eigenvalue weighted by molar-refractivity contribution is 0.0263. The molecule has 1 aliphatic rings. The Hall–Kier alpha value is -1.33. The van der Waals surface area contributed by atoms with Crippen molar-refractivity contribution in [3.05, 3.63) is 34.6 Å². The molecular weight excluding hydrogens is 341 g/mol. The van der Waals surface area contributed by atoms with Gasteiger partial charge in [-0.2, -0.15) is 0 Å². The van der Waals surface area contributed by atoms with Crippen LogP contribution < -0.4 is 5.32 Å². The Kier molecular flexibility index (Phi) is 7.08. The maximum absolute atomic E-state index is 13.3. The highest BCUT2D eigenvalue weighted by Gasteiger charge is 2.26. The fraction of sp³-hybridized carbons (Fsp3) is 0.632. The van der Waals surface area contributed by atoms with E-state index in [9.17, 15) is 4.39 Å². The monoisotopic (exact) mass is 369 g/mol.